The lowest BCUT2D eigenvalue weighted by molar-refractivity contribution is -0.137. The molecule has 3 N–H and O–H groups in total. The average Bonchev–Trinajstić information content (AvgIpc) is 3.34. The predicted molar refractivity (Wildman–Crippen MR) is 205 cm³/mol. The highest BCUT2D eigenvalue weighted by molar-refractivity contribution is 5.58. The Morgan fingerprint density at radius 1 is 1.00 bits per heavy atom. The van der Waals surface area contributed by atoms with Crippen molar-refractivity contribution in [2.45, 2.75) is 103 Å². The van der Waals surface area contributed by atoms with Gasteiger partial charge in [-0.1, -0.05) is 39.0 Å². The molecular weight excluding hydrogens is 729 g/mol. The first-order valence-corrected chi connectivity index (χ1v) is 19.6. The van der Waals surface area contributed by atoms with E-state index >= 15 is 8.78 Å². The van der Waals surface area contributed by atoms with Crippen LogP contribution in [-0.2, 0) is 6.18 Å². The van der Waals surface area contributed by atoms with Gasteiger partial charge in [-0.15, -0.1) is 12.3 Å². The SMILES string of the molecule is C=CCC1(F)CCC(C2=C([C@@H](F)c3ccc(C(F)(F)F)cc3)C(C3CCN(c4ncc(OCC(C)(CO)CO)cn4)CC3)=C=CC3=C2C(O)CC(C)(C)C3)CC1. The second-order valence-corrected chi connectivity index (χ2v) is 17.3. The third-order valence-corrected chi connectivity index (χ3v) is 12.1. The van der Waals surface area contributed by atoms with Gasteiger partial charge in [0, 0.05) is 29.7 Å². The molecule has 4 aliphatic rings. The molecule has 1 aliphatic heterocycles. The number of nitrogens with zero attached hydrogens (tertiary/aromatic N) is 3. The van der Waals surface area contributed by atoms with E-state index in [0.29, 0.717) is 85.6 Å². The number of aliphatic hydroxyl groups is 3. The second kappa shape index (κ2) is 16.6. The quantitative estimate of drug-likeness (QED) is 0.112. The number of hydrogen-bond acceptors (Lipinski definition) is 7. The average molecular weight is 784 g/mol. The summed E-state index contributed by atoms with van der Waals surface area (Å²) in [6.45, 7) is 10.2. The summed E-state index contributed by atoms with van der Waals surface area (Å²) in [4.78, 5) is 11.0. The maximum Gasteiger partial charge on any atom is 0.416 e. The van der Waals surface area contributed by atoms with Crippen molar-refractivity contribution in [1.29, 1.82) is 0 Å². The van der Waals surface area contributed by atoms with Crippen LogP contribution < -0.4 is 9.64 Å². The monoisotopic (exact) mass is 783 g/mol. The first kappa shape index (κ1) is 41.8. The highest BCUT2D eigenvalue weighted by atomic mass is 19.4. The zero-order valence-electron chi connectivity index (χ0n) is 32.5. The van der Waals surface area contributed by atoms with Crippen LogP contribution in [0.25, 0.3) is 0 Å². The van der Waals surface area contributed by atoms with Crippen LogP contribution in [0.3, 0.4) is 0 Å². The van der Waals surface area contributed by atoms with Crippen molar-refractivity contribution in [3.05, 3.63) is 100 Å². The van der Waals surface area contributed by atoms with E-state index in [1.807, 2.05) is 11.0 Å². The maximum atomic E-state index is 17.6. The normalized spacial score (nSPS) is 25.4. The van der Waals surface area contributed by atoms with Crippen molar-refractivity contribution in [2.75, 3.05) is 37.8 Å². The number of allylic oxidation sites excluding steroid dienone is 4. The Balaban J connectivity index is 1.36. The molecule has 0 bridgehead atoms. The summed E-state index contributed by atoms with van der Waals surface area (Å²) < 4.78 is 80.0. The number of rotatable bonds is 12. The van der Waals surface area contributed by atoms with E-state index < -0.39 is 35.1 Å². The van der Waals surface area contributed by atoms with E-state index in [1.54, 1.807) is 25.4 Å². The van der Waals surface area contributed by atoms with E-state index in [2.05, 4.69) is 36.1 Å². The summed E-state index contributed by atoms with van der Waals surface area (Å²) in [5.74, 6) is 0.409. The molecule has 2 aromatic rings. The molecule has 2 atom stereocenters. The third kappa shape index (κ3) is 9.14. The van der Waals surface area contributed by atoms with Gasteiger partial charge in [-0.25, -0.2) is 18.7 Å². The van der Waals surface area contributed by atoms with Crippen molar-refractivity contribution in [3.63, 3.8) is 0 Å². The number of aromatic nitrogens is 2. The predicted octanol–water partition coefficient (Wildman–Crippen LogP) is 9.14. The van der Waals surface area contributed by atoms with Crippen molar-refractivity contribution in [1.82, 2.24) is 9.97 Å². The van der Waals surface area contributed by atoms with Gasteiger partial charge in [-0.2, -0.15) is 13.2 Å². The molecule has 7 nitrogen and oxygen atoms in total. The summed E-state index contributed by atoms with van der Waals surface area (Å²) in [6.07, 6.45) is 3.04. The highest BCUT2D eigenvalue weighted by Crippen LogP contribution is 2.53. The zero-order valence-corrected chi connectivity index (χ0v) is 32.5. The number of anilines is 1. The van der Waals surface area contributed by atoms with Gasteiger partial charge in [0.05, 0.1) is 43.9 Å². The Morgan fingerprint density at radius 2 is 1.62 bits per heavy atom. The van der Waals surface area contributed by atoms with Gasteiger partial charge >= 0.3 is 6.18 Å². The molecule has 1 saturated heterocycles. The van der Waals surface area contributed by atoms with Crippen LogP contribution in [0.2, 0.25) is 0 Å². The van der Waals surface area contributed by atoms with Gasteiger partial charge in [-0.3, -0.25) is 0 Å². The molecule has 2 fully saturated rings. The van der Waals surface area contributed by atoms with E-state index in [9.17, 15) is 28.5 Å². The van der Waals surface area contributed by atoms with Gasteiger partial charge in [-0.05, 0) is 116 Å². The standard InChI is InChI=1S/C44H54F5N3O4/c1-5-16-43(46)17-12-29(13-18-43)37-36-31(21-41(2,3)22-35(36)55)8-11-34(38(37)39(45)30-6-9-32(10-7-30)44(47,48)49)28-14-19-52(20-15-28)40-50-23-33(24-51-40)56-27-42(4,25-53)26-54/h5-10,23-24,28-29,35,39,53-55H,1,12-22,25-27H2,2-4H3/t29?,35?,39-,43?/m0/s1. The molecule has 12 heteroatoms. The van der Waals surface area contributed by atoms with Crippen molar-refractivity contribution in [3.8, 4) is 5.75 Å². The minimum atomic E-state index is -4.58. The zero-order chi connectivity index (χ0) is 40.5. The van der Waals surface area contributed by atoms with Crippen molar-refractivity contribution >= 4 is 5.95 Å². The Labute approximate surface area is 326 Å². The first-order valence-electron chi connectivity index (χ1n) is 19.6. The summed E-state index contributed by atoms with van der Waals surface area (Å²) in [5, 5.41) is 31.0. The largest absolute Gasteiger partial charge is 0.490 e. The molecule has 0 amide bonds. The van der Waals surface area contributed by atoms with Crippen molar-refractivity contribution < 1.29 is 42.0 Å². The van der Waals surface area contributed by atoms with E-state index in [0.717, 1.165) is 17.7 Å². The summed E-state index contributed by atoms with van der Waals surface area (Å²) in [6, 6.07) is 4.19. The Bertz CT molecular complexity index is 1840. The van der Waals surface area contributed by atoms with Gasteiger partial charge in [0.25, 0.3) is 0 Å². The first-order chi connectivity index (χ1) is 26.5. The molecule has 56 heavy (non-hydrogen) atoms. The number of alkyl halides is 5. The smallest absolute Gasteiger partial charge is 0.416 e. The Morgan fingerprint density at radius 3 is 2.20 bits per heavy atom. The summed E-state index contributed by atoms with van der Waals surface area (Å²) >= 11 is 0. The second-order valence-electron chi connectivity index (χ2n) is 17.3. The molecule has 1 aromatic carbocycles. The van der Waals surface area contributed by atoms with Crippen LogP contribution in [0.5, 0.6) is 5.75 Å². The molecule has 1 aromatic heterocycles. The minimum Gasteiger partial charge on any atom is -0.490 e. The lowest BCUT2D eigenvalue weighted by Crippen LogP contribution is -2.36. The van der Waals surface area contributed by atoms with Crippen LogP contribution in [-0.4, -0.2) is 70.0 Å². The fourth-order valence-corrected chi connectivity index (χ4v) is 8.80. The minimum absolute atomic E-state index is 0.0771. The molecule has 1 saturated carbocycles. The molecule has 2 heterocycles. The van der Waals surface area contributed by atoms with Gasteiger partial charge in [0.1, 0.15) is 5.67 Å². The van der Waals surface area contributed by atoms with Gasteiger partial charge in [0.15, 0.2) is 11.9 Å². The fraction of sp³-hybridized carbons (Fsp3) is 0.568. The molecule has 0 radical (unpaired) electrons. The number of hydrogen-bond donors (Lipinski definition) is 3. The van der Waals surface area contributed by atoms with Crippen LogP contribution in [0, 0.1) is 22.7 Å². The summed E-state index contributed by atoms with van der Waals surface area (Å²) in [7, 11) is 0. The molecule has 6 rings (SSSR count). The molecule has 1 unspecified atom stereocenters. The number of piperidine rings is 1. The van der Waals surface area contributed by atoms with E-state index in [1.165, 1.54) is 12.1 Å². The lowest BCUT2D eigenvalue weighted by atomic mass is 9.65. The summed E-state index contributed by atoms with van der Waals surface area (Å²) in [5.41, 5.74) is 3.37. The van der Waals surface area contributed by atoms with Crippen molar-refractivity contribution in [2.24, 2.45) is 22.7 Å². The Hall–Kier alpha value is -3.83. The molecule has 3 aliphatic carbocycles. The van der Waals surface area contributed by atoms with Crippen LogP contribution in [0.4, 0.5) is 27.9 Å². The fourth-order valence-electron chi connectivity index (χ4n) is 8.80. The van der Waals surface area contributed by atoms with Crippen LogP contribution >= 0.6 is 0 Å². The number of benzene rings is 1. The number of ether oxygens (including phenoxy) is 1. The highest BCUT2D eigenvalue weighted by Gasteiger charge is 2.44. The van der Waals surface area contributed by atoms with Gasteiger partial charge < -0.3 is 25.0 Å². The van der Waals surface area contributed by atoms with Gasteiger partial charge in [0.2, 0.25) is 5.95 Å². The van der Waals surface area contributed by atoms with E-state index in [-0.39, 0.29) is 61.9 Å². The number of halogens is 5. The molecule has 0 spiro atoms. The maximum absolute atomic E-state index is 17.6. The topological polar surface area (TPSA) is 98.9 Å². The Kier molecular flexibility index (Phi) is 12.4. The molecule has 304 valence electrons. The van der Waals surface area contributed by atoms with E-state index in [4.69, 9.17) is 4.74 Å². The number of aliphatic hydroxyl groups excluding tert-OH is 3. The third-order valence-electron chi connectivity index (χ3n) is 12.1. The van der Waals surface area contributed by atoms with Crippen LogP contribution in [0.15, 0.2) is 89.0 Å². The molecular formula is C44H54F5N3O4. The van der Waals surface area contributed by atoms with Crippen LogP contribution in [0.1, 0.15) is 95.9 Å². The lowest BCUT2D eigenvalue weighted by Gasteiger charge is -2.42.